The third-order valence-corrected chi connectivity index (χ3v) is 3.76. The number of fused-ring (bicyclic) bond motifs is 1. The van der Waals surface area contributed by atoms with Crippen molar-refractivity contribution < 1.29 is 9.18 Å². The van der Waals surface area contributed by atoms with E-state index >= 15 is 0 Å². The van der Waals surface area contributed by atoms with Crippen LogP contribution in [0.5, 0.6) is 0 Å². The van der Waals surface area contributed by atoms with Crippen molar-refractivity contribution in [2.24, 2.45) is 0 Å². The average molecular weight is 298 g/mol. The van der Waals surface area contributed by atoms with Gasteiger partial charge in [-0.15, -0.1) is 0 Å². The monoisotopic (exact) mass is 297 g/mol. The van der Waals surface area contributed by atoms with Gasteiger partial charge in [0.25, 0.3) is 0 Å². The fraction of sp³-hybridized carbons (Fsp3) is 0.500. The van der Waals surface area contributed by atoms with E-state index in [1.54, 1.807) is 22.0 Å². The highest BCUT2D eigenvalue weighted by Gasteiger charge is 2.36. The number of carbonyl (C=O) groups is 1. The third kappa shape index (κ3) is 2.22. The molecular weight excluding hydrogens is 285 g/mol. The normalized spacial score (nSPS) is 22.6. The molecule has 20 heavy (non-hydrogen) atoms. The number of rotatable bonds is 2. The lowest BCUT2D eigenvalue weighted by Crippen LogP contribution is -2.40. The van der Waals surface area contributed by atoms with Crippen LogP contribution in [0.4, 0.5) is 4.39 Å². The molecule has 1 aliphatic heterocycles. The maximum atomic E-state index is 14.0. The molecule has 0 spiro atoms. The SMILES string of the molecule is CC(=O)N1CC[C@H](F)[C@H]1Cn1ncc2cnc(Cl)nc21. The van der Waals surface area contributed by atoms with Gasteiger partial charge in [-0.3, -0.25) is 4.79 Å². The van der Waals surface area contributed by atoms with Gasteiger partial charge in [-0.05, 0) is 18.0 Å². The Morgan fingerprint density at radius 1 is 1.55 bits per heavy atom. The Bertz CT molecular complexity index is 660. The summed E-state index contributed by atoms with van der Waals surface area (Å²) in [5, 5.41) is 5.03. The quantitative estimate of drug-likeness (QED) is 0.787. The van der Waals surface area contributed by atoms with E-state index in [2.05, 4.69) is 15.1 Å². The van der Waals surface area contributed by atoms with Crippen molar-refractivity contribution in [2.75, 3.05) is 6.54 Å². The minimum Gasteiger partial charge on any atom is -0.335 e. The van der Waals surface area contributed by atoms with Gasteiger partial charge in [-0.25, -0.2) is 14.1 Å². The zero-order valence-corrected chi connectivity index (χ0v) is 11.6. The molecule has 3 heterocycles. The van der Waals surface area contributed by atoms with E-state index in [4.69, 9.17) is 11.6 Å². The van der Waals surface area contributed by atoms with Crippen LogP contribution in [0.15, 0.2) is 12.4 Å². The van der Waals surface area contributed by atoms with Gasteiger partial charge in [0.2, 0.25) is 11.2 Å². The Balaban J connectivity index is 1.92. The van der Waals surface area contributed by atoms with Crippen molar-refractivity contribution in [3.8, 4) is 0 Å². The molecule has 1 amide bonds. The zero-order valence-electron chi connectivity index (χ0n) is 10.8. The van der Waals surface area contributed by atoms with Gasteiger partial charge < -0.3 is 4.90 Å². The van der Waals surface area contributed by atoms with Crippen molar-refractivity contribution >= 4 is 28.5 Å². The first-order chi connectivity index (χ1) is 9.56. The van der Waals surface area contributed by atoms with Crippen LogP contribution >= 0.6 is 11.6 Å². The second-order valence-electron chi connectivity index (χ2n) is 4.83. The molecule has 106 valence electrons. The second-order valence-corrected chi connectivity index (χ2v) is 5.17. The molecule has 0 aliphatic carbocycles. The molecule has 2 atom stereocenters. The summed E-state index contributed by atoms with van der Waals surface area (Å²) in [7, 11) is 0. The molecule has 1 aliphatic rings. The van der Waals surface area contributed by atoms with Crippen molar-refractivity contribution in [1.29, 1.82) is 0 Å². The first kappa shape index (κ1) is 13.2. The van der Waals surface area contributed by atoms with E-state index in [0.717, 1.165) is 5.39 Å². The van der Waals surface area contributed by atoms with Crippen LogP contribution in [0.2, 0.25) is 5.28 Å². The lowest BCUT2D eigenvalue weighted by atomic mass is 10.2. The fourth-order valence-corrected chi connectivity index (χ4v) is 2.71. The predicted molar refractivity (Wildman–Crippen MR) is 71.0 cm³/mol. The summed E-state index contributed by atoms with van der Waals surface area (Å²) in [4.78, 5) is 21.0. The molecule has 3 rings (SSSR count). The number of alkyl halides is 1. The number of hydrogen-bond donors (Lipinski definition) is 0. The van der Waals surface area contributed by atoms with Crippen LogP contribution in [-0.4, -0.2) is 49.3 Å². The van der Waals surface area contributed by atoms with Crippen LogP contribution in [0.1, 0.15) is 13.3 Å². The van der Waals surface area contributed by atoms with Crippen LogP contribution in [0, 0.1) is 0 Å². The van der Waals surface area contributed by atoms with E-state index in [1.165, 1.54) is 6.92 Å². The Hall–Kier alpha value is -1.76. The van der Waals surface area contributed by atoms with E-state index in [1.807, 2.05) is 0 Å². The third-order valence-electron chi connectivity index (χ3n) is 3.58. The minimum atomic E-state index is -1.05. The number of hydrogen-bond acceptors (Lipinski definition) is 4. The number of halogens is 2. The highest BCUT2D eigenvalue weighted by Crippen LogP contribution is 2.23. The number of carbonyl (C=O) groups excluding carboxylic acids is 1. The van der Waals surface area contributed by atoms with Gasteiger partial charge in [-0.1, -0.05) is 0 Å². The summed E-state index contributed by atoms with van der Waals surface area (Å²) < 4.78 is 15.5. The molecule has 0 bridgehead atoms. The lowest BCUT2D eigenvalue weighted by Gasteiger charge is -2.24. The number of aromatic nitrogens is 4. The fourth-order valence-electron chi connectivity index (χ4n) is 2.58. The lowest BCUT2D eigenvalue weighted by molar-refractivity contribution is -0.130. The molecule has 0 aromatic carbocycles. The van der Waals surface area contributed by atoms with Crippen LogP contribution in [0.3, 0.4) is 0 Å². The molecule has 0 unspecified atom stereocenters. The molecule has 6 nitrogen and oxygen atoms in total. The second kappa shape index (κ2) is 4.97. The highest BCUT2D eigenvalue weighted by molar-refractivity contribution is 6.28. The first-order valence-electron chi connectivity index (χ1n) is 6.31. The van der Waals surface area contributed by atoms with Crippen molar-refractivity contribution in [3.05, 3.63) is 17.7 Å². The van der Waals surface area contributed by atoms with Crippen LogP contribution in [-0.2, 0) is 11.3 Å². The molecule has 0 N–H and O–H groups in total. The number of nitrogens with zero attached hydrogens (tertiary/aromatic N) is 5. The molecule has 1 fully saturated rings. The van der Waals surface area contributed by atoms with Gasteiger partial charge >= 0.3 is 0 Å². The van der Waals surface area contributed by atoms with Crippen LogP contribution < -0.4 is 0 Å². The zero-order chi connectivity index (χ0) is 14.3. The smallest absolute Gasteiger partial charge is 0.224 e. The summed E-state index contributed by atoms with van der Waals surface area (Å²) in [6.07, 6.45) is 2.49. The van der Waals surface area contributed by atoms with Crippen molar-refractivity contribution in [2.45, 2.75) is 32.1 Å². The maximum Gasteiger partial charge on any atom is 0.224 e. The molecule has 1 saturated heterocycles. The number of likely N-dealkylation sites (tertiary alicyclic amines) is 1. The molecule has 0 saturated carbocycles. The average Bonchev–Trinajstić information content (AvgIpc) is 2.95. The van der Waals surface area contributed by atoms with Gasteiger partial charge in [0.05, 0.1) is 24.2 Å². The Morgan fingerprint density at radius 2 is 2.35 bits per heavy atom. The van der Waals surface area contributed by atoms with E-state index in [-0.39, 0.29) is 17.7 Å². The molecule has 2 aromatic heterocycles. The summed E-state index contributed by atoms with van der Waals surface area (Å²) in [6, 6.07) is -0.510. The van der Waals surface area contributed by atoms with Crippen LogP contribution in [0.25, 0.3) is 11.0 Å². The van der Waals surface area contributed by atoms with Gasteiger partial charge in [-0.2, -0.15) is 10.1 Å². The summed E-state index contributed by atoms with van der Waals surface area (Å²) in [5.74, 6) is -0.126. The van der Waals surface area contributed by atoms with Crippen molar-refractivity contribution in [1.82, 2.24) is 24.6 Å². The standard InChI is InChI=1S/C12H13ClFN5O/c1-7(20)18-3-2-9(14)10(18)6-19-11-8(5-16-19)4-15-12(13)17-11/h4-5,9-10H,2-3,6H2,1H3/t9-,10+/m0/s1. The summed E-state index contributed by atoms with van der Waals surface area (Å²) in [6.45, 7) is 2.15. The largest absolute Gasteiger partial charge is 0.335 e. The number of amides is 1. The minimum absolute atomic E-state index is 0.117. The Kier molecular flexibility index (Phi) is 3.29. The first-order valence-corrected chi connectivity index (χ1v) is 6.69. The van der Waals surface area contributed by atoms with E-state index in [9.17, 15) is 9.18 Å². The Labute approximate surface area is 119 Å². The van der Waals surface area contributed by atoms with Gasteiger partial charge in [0.1, 0.15) is 6.17 Å². The van der Waals surface area contributed by atoms with Gasteiger partial charge in [0.15, 0.2) is 5.65 Å². The molecule has 2 aromatic rings. The highest BCUT2D eigenvalue weighted by atomic mass is 35.5. The molecule has 8 heteroatoms. The predicted octanol–water partition coefficient (Wildman–Crippen LogP) is 1.44. The topological polar surface area (TPSA) is 63.9 Å². The summed E-state index contributed by atoms with van der Waals surface area (Å²) in [5.41, 5.74) is 0.549. The summed E-state index contributed by atoms with van der Waals surface area (Å²) >= 11 is 5.77. The van der Waals surface area contributed by atoms with Crippen molar-refractivity contribution in [3.63, 3.8) is 0 Å². The maximum absolute atomic E-state index is 14.0. The molecular formula is C12H13ClFN5O. The van der Waals surface area contributed by atoms with E-state index in [0.29, 0.717) is 18.6 Å². The van der Waals surface area contributed by atoms with Gasteiger partial charge in [0, 0.05) is 19.7 Å². The molecule has 0 radical (unpaired) electrons. The van der Waals surface area contributed by atoms with E-state index < -0.39 is 12.2 Å². The Morgan fingerprint density at radius 3 is 3.10 bits per heavy atom.